The molecule has 2 atom stereocenters. The Balaban J connectivity index is 2.41. The fourth-order valence-electron chi connectivity index (χ4n) is 2.46. The van der Waals surface area contributed by atoms with Crippen molar-refractivity contribution >= 4 is 31.6 Å². The molecule has 0 amide bonds. The molecule has 8 heteroatoms. The Hall–Kier alpha value is -0.700. The van der Waals surface area contributed by atoms with Crippen LogP contribution in [-0.4, -0.2) is 49.8 Å². The summed E-state index contributed by atoms with van der Waals surface area (Å²) in [5.41, 5.74) is 5.63. The average molecular weight is 380 g/mol. The highest BCUT2D eigenvalue weighted by atomic mass is 79.9. The van der Waals surface area contributed by atoms with Crippen LogP contribution >= 0.6 is 15.9 Å². The number of hydrogen-bond donors (Lipinski definition) is 1. The maximum absolute atomic E-state index is 13.4. The minimum Gasteiger partial charge on any atom is -0.398 e. The Morgan fingerprint density at radius 1 is 1.29 bits per heavy atom. The van der Waals surface area contributed by atoms with Crippen LogP contribution in [0.15, 0.2) is 21.5 Å². The molecule has 0 radical (unpaired) electrons. The Morgan fingerprint density at radius 2 is 1.81 bits per heavy atom. The smallest absolute Gasteiger partial charge is 0.245 e. The van der Waals surface area contributed by atoms with Gasteiger partial charge in [-0.15, -0.1) is 0 Å². The minimum absolute atomic E-state index is 0.0558. The largest absolute Gasteiger partial charge is 0.398 e. The lowest BCUT2D eigenvalue weighted by atomic mass is 10.1. The van der Waals surface area contributed by atoms with Gasteiger partial charge in [0.05, 0.1) is 10.2 Å². The van der Waals surface area contributed by atoms with Crippen molar-refractivity contribution in [3.8, 4) is 0 Å². The summed E-state index contributed by atoms with van der Waals surface area (Å²) < 4.78 is 40.4. The van der Waals surface area contributed by atoms with Gasteiger partial charge in [-0.1, -0.05) is 0 Å². The van der Waals surface area contributed by atoms with E-state index in [9.17, 15) is 12.8 Å². The lowest BCUT2D eigenvalue weighted by molar-refractivity contribution is 0.105. The van der Waals surface area contributed by atoms with Gasteiger partial charge in [0.1, 0.15) is 10.7 Å². The number of benzene rings is 1. The molecule has 0 aliphatic carbocycles. The van der Waals surface area contributed by atoms with Gasteiger partial charge in [-0.05, 0) is 49.0 Å². The van der Waals surface area contributed by atoms with Gasteiger partial charge in [0.25, 0.3) is 0 Å². The van der Waals surface area contributed by atoms with E-state index < -0.39 is 15.8 Å². The molecule has 1 fully saturated rings. The van der Waals surface area contributed by atoms with Crippen LogP contribution in [0.4, 0.5) is 10.1 Å². The molecule has 1 saturated heterocycles. The monoisotopic (exact) mass is 379 g/mol. The number of hydrogen-bond acceptors (Lipinski definition) is 4. The number of nitrogens with two attached hydrogens (primary N) is 1. The Kier molecular flexibility index (Phi) is 4.63. The van der Waals surface area contributed by atoms with E-state index >= 15 is 0 Å². The zero-order valence-corrected chi connectivity index (χ0v) is 14.6. The summed E-state index contributed by atoms with van der Waals surface area (Å²) in [5, 5.41) is 0. The second-order valence-electron chi connectivity index (χ2n) is 5.49. The predicted octanol–water partition coefficient (Wildman–Crippen LogP) is 1.88. The van der Waals surface area contributed by atoms with E-state index in [2.05, 4.69) is 20.8 Å². The molecule has 21 heavy (non-hydrogen) atoms. The molecule has 1 aliphatic rings. The molecule has 0 bridgehead atoms. The van der Waals surface area contributed by atoms with E-state index in [1.807, 2.05) is 20.9 Å². The molecule has 0 saturated carbocycles. The van der Waals surface area contributed by atoms with Gasteiger partial charge >= 0.3 is 0 Å². The summed E-state index contributed by atoms with van der Waals surface area (Å²) in [4.78, 5) is 2.08. The summed E-state index contributed by atoms with van der Waals surface area (Å²) in [7, 11) is -1.76. The van der Waals surface area contributed by atoms with Crippen molar-refractivity contribution in [3.63, 3.8) is 0 Å². The molecule has 1 aromatic carbocycles. The van der Waals surface area contributed by atoms with Crippen LogP contribution in [0, 0.1) is 5.82 Å². The van der Waals surface area contributed by atoms with Gasteiger partial charge in [0, 0.05) is 25.2 Å². The Morgan fingerprint density at radius 3 is 2.33 bits per heavy atom. The number of nitrogen functional groups attached to an aromatic ring is 1. The molecular formula is C13H19BrFN3O2S. The lowest BCUT2D eigenvalue weighted by Gasteiger charge is -2.41. The second kappa shape index (κ2) is 5.83. The van der Waals surface area contributed by atoms with E-state index in [4.69, 9.17) is 5.73 Å². The van der Waals surface area contributed by atoms with Crippen molar-refractivity contribution in [1.29, 1.82) is 0 Å². The molecule has 118 valence electrons. The average Bonchev–Trinajstić information content (AvgIpc) is 2.39. The zero-order valence-electron chi connectivity index (χ0n) is 12.2. The standard InChI is InChI=1S/C13H19BrFN3O2S/c1-8-6-18(7-9(2)17(8)3)21(19,20)13-4-10(14)11(15)5-12(13)16/h4-5,8-9H,6-7,16H2,1-3H3. The second-order valence-corrected chi connectivity index (χ2v) is 8.25. The van der Waals surface area contributed by atoms with E-state index in [-0.39, 0.29) is 27.1 Å². The third-order valence-electron chi connectivity index (χ3n) is 4.00. The highest BCUT2D eigenvalue weighted by Crippen LogP contribution is 2.30. The van der Waals surface area contributed by atoms with Crippen molar-refractivity contribution < 1.29 is 12.8 Å². The number of anilines is 1. The van der Waals surface area contributed by atoms with Crippen LogP contribution in [0.25, 0.3) is 0 Å². The molecule has 5 nitrogen and oxygen atoms in total. The molecule has 1 heterocycles. The van der Waals surface area contributed by atoms with E-state index in [0.29, 0.717) is 13.1 Å². The molecule has 0 aromatic heterocycles. The van der Waals surface area contributed by atoms with Crippen LogP contribution in [0.2, 0.25) is 0 Å². The number of rotatable bonds is 2. The molecule has 1 aliphatic heterocycles. The van der Waals surface area contributed by atoms with Gasteiger partial charge in [0.2, 0.25) is 10.0 Å². The number of likely N-dealkylation sites (N-methyl/N-ethyl adjacent to an activating group) is 1. The van der Waals surface area contributed by atoms with Crippen molar-refractivity contribution in [1.82, 2.24) is 9.21 Å². The van der Waals surface area contributed by atoms with E-state index in [1.165, 1.54) is 10.4 Å². The first-order valence-corrected chi connectivity index (χ1v) is 8.84. The highest BCUT2D eigenvalue weighted by Gasteiger charge is 2.35. The van der Waals surface area contributed by atoms with Crippen molar-refractivity contribution in [2.45, 2.75) is 30.8 Å². The lowest BCUT2D eigenvalue weighted by Crippen LogP contribution is -2.56. The normalized spacial score (nSPS) is 25.2. The van der Waals surface area contributed by atoms with Gasteiger partial charge in [-0.25, -0.2) is 12.8 Å². The third kappa shape index (κ3) is 3.08. The maximum atomic E-state index is 13.4. The van der Waals surface area contributed by atoms with Crippen LogP contribution in [0.1, 0.15) is 13.8 Å². The van der Waals surface area contributed by atoms with Gasteiger partial charge < -0.3 is 5.73 Å². The van der Waals surface area contributed by atoms with Crippen molar-refractivity contribution in [3.05, 3.63) is 22.4 Å². The Bertz CT molecular complexity index is 641. The quantitative estimate of drug-likeness (QED) is 0.796. The molecule has 0 spiro atoms. The van der Waals surface area contributed by atoms with Crippen molar-refractivity contribution in [2.24, 2.45) is 0 Å². The summed E-state index contributed by atoms with van der Waals surface area (Å²) in [6.45, 7) is 4.72. The van der Waals surface area contributed by atoms with Gasteiger partial charge in [0.15, 0.2) is 0 Å². The van der Waals surface area contributed by atoms with Crippen LogP contribution in [0.5, 0.6) is 0 Å². The Labute approximate surface area is 133 Å². The summed E-state index contributed by atoms with van der Waals surface area (Å²) in [5.74, 6) is -0.577. The number of piperazine rings is 1. The van der Waals surface area contributed by atoms with Crippen LogP contribution in [0.3, 0.4) is 0 Å². The highest BCUT2D eigenvalue weighted by molar-refractivity contribution is 9.10. The number of sulfonamides is 1. The fraction of sp³-hybridized carbons (Fsp3) is 0.538. The van der Waals surface area contributed by atoms with Crippen molar-refractivity contribution in [2.75, 3.05) is 25.9 Å². The fourth-order valence-corrected chi connectivity index (χ4v) is 4.68. The van der Waals surface area contributed by atoms with E-state index in [0.717, 1.165) is 6.07 Å². The first-order valence-electron chi connectivity index (χ1n) is 6.61. The molecule has 2 unspecified atom stereocenters. The van der Waals surface area contributed by atoms with Crippen LogP contribution < -0.4 is 5.73 Å². The topological polar surface area (TPSA) is 66.6 Å². The summed E-state index contributed by atoms with van der Waals surface area (Å²) in [6.07, 6.45) is 0. The molecule has 2 rings (SSSR count). The molecular weight excluding hydrogens is 361 g/mol. The first-order chi connectivity index (χ1) is 9.64. The minimum atomic E-state index is -3.74. The number of halogens is 2. The SMILES string of the molecule is CC1CN(S(=O)(=O)c2cc(Br)c(F)cc2N)CC(C)N1C. The van der Waals surface area contributed by atoms with E-state index in [1.54, 1.807) is 0 Å². The predicted molar refractivity (Wildman–Crippen MR) is 84.0 cm³/mol. The maximum Gasteiger partial charge on any atom is 0.245 e. The van der Waals surface area contributed by atoms with Gasteiger partial charge in [-0.2, -0.15) is 4.31 Å². The summed E-state index contributed by atoms with van der Waals surface area (Å²) in [6, 6.07) is 2.47. The third-order valence-corrected chi connectivity index (χ3v) is 6.49. The number of nitrogens with zero attached hydrogens (tertiary/aromatic N) is 2. The first kappa shape index (κ1) is 16.7. The van der Waals surface area contributed by atoms with Crippen LogP contribution in [-0.2, 0) is 10.0 Å². The molecule has 2 N–H and O–H groups in total. The van der Waals surface area contributed by atoms with Gasteiger partial charge in [-0.3, -0.25) is 4.90 Å². The molecule has 1 aromatic rings. The zero-order chi connectivity index (χ0) is 15.9. The summed E-state index contributed by atoms with van der Waals surface area (Å²) >= 11 is 3.01.